The maximum Gasteiger partial charge on any atom is 0.337 e. The number of aryl methyl sites for hydroxylation is 1. The zero-order chi connectivity index (χ0) is 22.7. The van der Waals surface area contributed by atoms with E-state index in [1.807, 2.05) is 0 Å². The van der Waals surface area contributed by atoms with Crippen LogP contribution in [0.4, 0.5) is 0 Å². The number of hydrazone groups is 1. The first kappa shape index (κ1) is 22.7. The lowest BCUT2D eigenvalue weighted by Gasteiger charge is -2.07. The third-order valence-corrected chi connectivity index (χ3v) is 6.43. The minimum Gasteiger partial charge on any atom is -0.465 e. The summed E-state index contributed by atoms with van der Waals surface area (Å²) in [6.45, 7) is 0.552. The Morgan fingerprint density at radius 3 is 2.12 bits per heavy atom. The maximum absolute atomic E-state index is 12.4. The first-order chi connectivity index (χ1) is 15.5. The van der Waals surface area contributed by atoms with Crippen molar-refractivity contribution in [3.8, 4) is 0 Å². The fraction of sp³-hybridized carbons (Fsp3) is 0.125. The van der Waals surface area contributed by atoms with Crippen LogP contribution in [-0.4, -0.2) is 29.8 Å². The molecule has 6 nitrogen and oxygen atoms in total. The van der Waals surface area contributed by atoms with Gasteiger partial charge in [-0.15, -0.1) is 0 Å². The van der Waals surface area contributed by atoms with E-state index in [0.29, 0.717) is 18.5 Å². The molecule has 4 rings (SSSR count). The molecule has 8 heteroatoms. The molecule has 1 amide bonds. The number of hydrogen-bond donors (Lipinski definition) is 1. The van der Waals surface area contributed by atoms with Gasteiger partial charge in [-0.25, -0.2) is 10.2 Å². The number of benzene rings is 3. The molecule has 1 heterocycles. The molecule has 0 radical (unpaired) electrons. The van der Waals surface area contributed by atoms with Gasteiger partial charge in [0, 0.05) is 41.9 Å². The Labute approximate surface area is 212 Å². The zero-order valence-corrected chi connectivity index (χ0v) is 21.5. The summed E-state index contributed by atoms with van der Waals surface area (Å²) in [7, 11) is 1.34. The summed E-state index contributed by atoms with van der Waals surface area (Å²) < 4.78 is 9.23. The van der Waals surface area contributed by atoms with Gasteiger partial charge in [-0.2, -0.15) is 5.10 Å². The monoisotopic (exact) mass is 651 g/mol. The minimum atomic E-state index is -0.392. The fourth-order valence-electron chi connectivity index (χ4n) is 3.56. The quantitative estimate of drug-likeness (QED) is 0.133. The Hall–Kier alpha value is -2.47. The van der Waals surface area contributed by atoms with Gasteiger partial charge in [0.25, 0.3) is 0 Å². The van der Waals surface area contributed by atoms with Crippen molar-refractivity contribution in [3.05, 3.63) is 78.9 Å². The third-order valence-electron chi connectivity index (χ3n) is 5.09. The molecule has 0 saturated carbocycles. The predicted molar refractivity (Wildman–Crippen MR) is 143 cm³/mol. The second kappa shape index (κ2) is 9.99. The number of fused-ring (bicyclic) bond motifs is 3. The number of nitrogens with one attached hydrogen (secondary N) is 1. The topological polar surface area (TPSA) is 72.7 Å². The van der Waals surface area contributed by atoms with Crippen LogP contribution in [0.15, 0.2) is 65.8 Å². The molecule has 0 spiro atoms. The van der Waals surface area contributed by atoms with E-state index in [1.54, 1.807) is 30.5 Å². The van der Waals surface area contributed by atoms with Crippen molar-refractivity contribution in [2.75, 3.05) is 7.11 Å². The maximum atomic E-state index is 12.4. The molecule has 4 aromatic rings. The third kappa shape index (κ3) is 4.96. The average Bonchev–Trinajstić information content (AvgIpc) is 3.09. The second-order valence-electron chi connectivity index (χ2n) is 7.13. The summed E-state index contributed by atoms with van der Waals surface area (Å²) in [6.07, 6.45) is 1.85. The van der Waals surface area contributed by atoms with Crippen LogP contribution >= 0.6 is 45.2 Å². The van der Waals surface area contributed by atoms with Crippen LogP contribution in [0.1, 0.15) is 22.3 Å². The number of methoxy groups -OCH3 is 1. The van der Waals surface area contributed by atoms with Crippen LogP contribution in [-0.2, 0) is 16.1 Å². The number of halogens is 2. The lowest BCUT2D eigenvalue weighted by Crippen LogP contribution is -2.19. The van der Waals surface area contributed by atoms with Crippen molar-refractivity contribution in [3.63, 3.8) is 0 Å². The molecule has 0 aliphatic heterocycles. The van der Waals surface area contributed by atoms with Gasteiger partial charge < -0.3 is 9.30 Å². The van der Waals surface area contributed by atoms with Crippen LogP contribution < -0.4 is 5.43 Å². The largest absolute Gasteiger partial charge is 0.465 e. The lowest BCUT2D eigenvalue weighted by molar-refractivity contribution is -0.121. The SMILES string of the molecule is COC(=O)c1ccc(/C=N/NC(=O)CCn2c3ccc(I)cc3c3cc(I)ccc32)cc1. The molecular formula is C24H19I2N3O3. The summed E-state index contributed by atoms with van der Waals surface area (Å²) >= 11 is 4.65. The number of carbonyl (C=O) groups excluding carboxylic acids is 2. The Bertz CT molecular complexity index is 1290. The van der Waals surface area contributed by atoms with Gasteiger partial charge in [-0.3, -0.25) is 4.79 Å². The Balaban J connectivity index is 1.45. The minimum absolute atomic E-state index is 0.168. The smallest absolute Gasteiger partial charge is 0.337 e. The van der Waals surface area contributed by atoms with Crippen molar-refractivity contribution in [2.45, 2.75) is 13.0 Å². The summed E-state index contributed by atoms with van der Waals surface area (Å²) in [5.74, 6) is -0.560. The van der Waals surface area contributed by atoms with E-state index >= 15 is 0 Å². The molecule has 3 aromatic carbocycles. The number of rotatable bonds is 6. The number of hydrogen-bond acceptors (Lipinski definition) is 4. The van der Waals surface area contributed by atoms with Crippen molar-refractivity contribution in [1.29, 1.82) is 0 Å². The lowest BCUT2D eigenvalue weighted by atomic mass is 10.1. The van der Waals surface area contributed by atoms with E-state index in [2.05, 4.69) is 101 Å². The number of carbonyl (C=O) groups is 2. The first-order valence-electron chi connectivity index (χ1n) is 9.83. The molecule has 162 valence electrons. The van der Waals surface area contributed by atoms with Crippen LogP contribution in [0.25, 0.3) is 21.8 Å². The molecule has 0 unspecified atom stereocenters. The van der Waals surface area contributed by atoms with Crippen molar-refractivity contribution < 1.29 is 14.3 Å². The van der Waals surface area contributed by atoms with Gasteiger partial charge >= 0.3 is 5.97 Å². The molecule has 0 aliphatic carbocycles. The van der Waals surface area contributed by atoms with Gasteiger partial charge in [0.1, 0.15) is 0 Å². The Kier molecular flexibility index (Phi) is 7.09. The van der Waals surface area contributed by atoms with Crippen molar-refractivity contribution >= 4 is 85.1 Å². The normalized spacial score (nSPS) is 11.3. The van der Waals surface area contributed by atoms with Gasteiger partial charge in [-0.05, 0) is 99.3 Å². The second-order valence-corrected chi connectivity index (χ2v) is 9.62. The summed E-state index contributed by atoms with van der Waals surface area (Å²) in [5, 5.41) is 6.42. The van der Waals surface area contributed by atoms with Crippen LogP contribution in [0, 0.1) is 7.14 Å². The van der Waals surface area contributed by atoms with Gasteiger partial charge in [0.05, 0.1) is 18.9 Å². The zero-order valence-electron chi connectivity index (χ0n) is 17.1. The van der Waals surface area contributed by atoms with E-state index in [1.165, 1.54) is 25.0 Å². The highest BCUT2D eigenvalue weighted by atomic mass is 127. The number of esters is 1. The highest BCUT2D eigenvalue weighted by Crippen LogP contribution is 2.31. The molecule has 32 heavy (non-hydrogen) atoms. The highest BCUT2D eigenvalue weighted by Gasteiger charge is 2.12. The van der Waals surface area contributed by atoms with Gasteiger partial charge in [0.2, 0.25) is 5.91 Å². The van der Waals surface area contributed by atoms with Crippen LogP contribution in [0.3, 0.4) is 0 Å². The standard InChI is InChI=1S/C24H19I2N3O3/c1-32-24(31)16-4-2-15(3-5-16)14-27-28-23(30)10-11-29-21-8-6-17(25)12-19(21)20-13-18(26)7-9-22(20)29/h2-9,12-14H,10-11H2,1H3,(H,28,30)/b27-14+. The molecule has 1 N–H and O–H groups in total. The molecule has 0 aliphatic rings. The molecule has 0 fully saturated rings. The van der Waals surface area contributed by atoms with E-state index in [0.717, 1.165) is 16.6 Å². The van der Waals surface area contributed by atoms with E-state index in [9.17, 15) is 9.59 Å². The number of amides is 1. The van der Waals surface area contributed by atoms with E-state index < -0.39 is 5.97 Å². The summed E-state index contributed by atoms with van der Waals surface area (Å²) in [6, 6.07) is 19.5. The molecule has 0 atom stereocenters. The number of nitrogens with zero attached hydrogens (tertiary/aromatic N) is 2. The Morgan fingerprint density at radius 1 is 0.969 bits per heavy atom. The molecular weight excluding hydrogens is 632 g/mol. The Morgan fingerprint density at radius 2 is 1.56 bits per heavy atom. The fourth-order valence-corrected chi connectivity index (χ4v) is 4.54. The van der Waals surface area contributed by atoms with Gasteiger partial charge in [0.15, 0.2) is 0 Å². The molecule has 0 bridgehead atoms. The van der Waals surface area contributed by atoms with Crippen molar-refractivity contribution in [2.24, 2.45) is 5.10 Å². The van der Waals surface area contributed by atoms with E-state index in [4.69, 9.17) is 0 Å². The van der Waals surface area contributed by atoms with Crippen LogP contribution in [0.2, 0.25) is 0 Å². The predicted octanol–water partition coefficient (Wildman–Crippen LogP) is 5.33. The van der Waals surface area contributed by atoms with Gasteiger partial charge in [-0.1, -0.05) is 12.1 Å². The van der Waals surface area contributed by atoms with E-state index in [-0.39, 0.29) is 5.91 Å². The summed E-state index contributed by atoms with van der Waals surface area (Å²) in [5.41, 5.74) is 6.04. The average molecular weight is 651 g/mol. The molecule has 1 aromatic heterocycles. The van der Waals surface area contributed by atoms with Crippen LogP contribution in [0.5, 0.6) is 0 Å². The number of aromatic nitrogens is 1. The molecule has 0 saturated heterocycles. The highest BCUT2D eigenvalue weighted by molar-refractivity contribution is 14.1. The summed E-state index contributed by atoms with van der Waals surface area (Å²) in [4.78, 5) is 23.9. The first-order valence-corrected chi connectivity index (χ1v) is 12.0. The van der Waals surface area contributed by atoms with Crippen molar-refractivity contribution in [1.82, 2.24) is 9.99 Å². The number of ether oxygens (including phenoxy) is 1.